The lowest BCUT2D eigenvalue weighted by Gasteiger charge is -2.27. The Bertz CT molecular complexity index is 1360. The van der Waals surface area contributed by atoms with Gasteiger partial charge in [-0.05, 0) is 24.6 Å². The molecule has 0 spiro atoms. The number of ether oxygens (including phenoxy) is 1. The number of nitrogens with one attached hydrogen (secondary N) is 1. The van der Waals surface area contributed by atoms with Crippen LogP contribution in [0.1, 0.15) is 43.7 Å². The highest BCUT2D eigenvalue weighted by atomic mass is 19.4. The highest BCUT2D eigenvalue weighted by Crippen LogP contribution is 2.34. The number of carbonyl (C=O) groups is 3. The zero-order valence-corrected chi connectivity index (χ0v) is 23.8. The molecule has 2 atom stereocenters. The average molecular weight is 657 g/mol. The van der Waals surface area contributed by atoms with Crippen molar-refractivity contribution in [2.45, 2.75) is 57.3 Å². The summed E-state index contributed by atoms with van der Waals surface area (Å²) in [5.41, 5.74) is 5.39. The molecular weight excluding hydrogens is 627 g/mol. The SMILES string of the molecule is CCC(F)(F)F.COc1ccc2c(c1)C(c1ccccc1)=NC(NC(=O)C(CCC(F)(F)F)CC(N)=O)C(=O)N2CC(F)(F)F. The summed E-state index contributed by atoms with van der Waals surface area (Å²) in [4.78, 5) is 42.5. The molecule has 3 amide bonds. The minimum absolute atomic E-state index is 0.0227. The van der Waals surface area contributed by atoms with E-state index in [-0.39, 0.29) is 22.7 Å². The first-order chi connectivity index (χ1) is 20.7. The Hall–Kier alpha value is -4.31. The third-order valence-corrected chi connectivity index (χ3v) is 6.17. The lowest BCUT2D eigenvalue weighted by Crippen LogP contribution is -2.51. The minimum Gasteiger partial charge on any atom is -0.497 e. The van der Waals surface area contributed by atoms with Crippen molar-refractivity contribution in [3.05, 3.63) is 59.7 Å². The number of anilines is 1. The third kappa shape index (κ3) is 11.9. The summed E-state index contributed by atoms with van der Waals surface area (Å²) in [7, 11) is 1.33. The third-order valence-electron chi connectivity index (χ3n) is 6.17. The van der Waals surface area contributed by atoms with E-state index in [9.17, 15) is 53.9 Å². The van der Waals surface area contributed by atoms with Crippen LogP contribution in [0.15, 0.2) is 53.5 Å². The molecule has 2 aromatic carbocycles. The van der Waals surface area contributed by atoms with Crippen LogP contribution in [0.2, 0.25) is 0 Å². The summed E-state index contributed by atoms with van der Waals surface area (Å²) < 4.78 is 117. The van der Waals surface area contributed by atoms with Crippen molar-refractivity contribution in [3.8, 4) is 5.75 Å². The number of halogens is 9. The topological polar surface area (TPSA) is 114 Å². The van der Waals surface area contributed by atoms with E-state index in [0.717, 1.165) is 6.92 Å². The van der Waals surface area contributed by atoms with E-state index in [1.165, 1.54) is 25.3 Å². The minimum atomic E-state index is -4.86. The maximum absolute atomic E-state index is 13.6. The lowest BCUT2D eigenvalue weighted by atomic mass is 9.97. The molecule has 1 heterocycles. The van der Waals surface area contributed by atoms with Gasteiger partial charge in [0.05, 0.1) is 18.5 Å². The quantitative estimate of drug-likeness (QED) is 0.339. The van der Waals surface area contributed by atoms with Crippen molar-refractivity contribution < 1.29 is 58.6 Å². The fourth-order valence-corrected chi connectivity index (χ4v) is 4.01. The van der Waals surface area contributed by atoms with Gasteiger partial charge in [0.1, 0.15) is 12.3 Å². The normalized spacial score (nSPS) is 16.0. The number of carbonyl (C=O) groups excluding carboxylic acids is 3. The first kappa shape index (κ1) is 36.9. The van der Waals surface area contributed by atoms with Gasteiger partial charge in [-0.15, -0.1) is 0 Å². The molecule has 2 unspecified atom stereocenters. The van der Waals surface area contributed by atoms with Crippen molar-refractivity contribution in [3.63, 3.8) is 0 Å². The molecule has 0 saturated heterocycles. The Balaban J connectivity index is 0.00000107. The molecular formula is C28H29F9N4O4. The molecule has 45 heavy (non-hydrogen) atoms. The number of amides is 3. The van der Waals surface area contributed by atoms with E-state index in [2.05, 4.69) is 10.3 Å². The summed E-state index contributed by atoms with van der Waals surface area (Å²) >= 11 is 0. The summed E-state index contributed by atoms with van der Waals surface area (Å²) in [6, 6.07) is 12.0. The van der Waals surface area contributed by atoms with Crippen molar-refractivity contribution in [1.82, 2.24) is 5.32 Å². The molecule has 1 aliphatic heterocycles. The van der Waals surface area contributed by atoms with E-state index in [1.54, 1.807) is 30.3 Å². The number of rotatable bonds is 9. The highest BCUT2D eigenvalue weighted by Gasteiger charge is 2.41. The van der Waals surface area contributed by atoms with Gasteiger partial charge in [0.2, 0.25) is 18.0 Å². The Kier molecular flexibility index (Phi) is 12.4. The molecule has 0 aliphatic carbocycles. The van der Waals surface area contributed by atoms with Crippen LogP contribution in [-0.2, 0) is 14.4 Å². The van der Waals surface area contributed by atoms with Gasteiger partial charge in [-0.2, -0.15) is 39.5 Å². The van der Waals surface area contributed by atoms with Crippen LogP contribution in [0.5, 0.6) is 5.75 Å². The summed E-state index contributed by atoms with van der Waals surface area (Å²) in [6.07, 6.45) is -19.2. The van der Waals surface area contributed by atoms with Gasteiger partial charge in [-0.3, -0.25) is 19.3 Å². The van der Waals surface area contributed by atoms with Crippen molar-refractivity contribution in [2.75, 3.05) is 18.6 Å². The molecule has 0 radical (unpaired) electrons. The first-order valence-electron chi connectivity index (χ1n) is 13.2. The van der Waals surface area contributed by atoms with Crippen molar-refractivity contribution >= 4 is 29.1 Å². The number of methoxy groups -OCH3 is 1. The number of hydrogen-bond acceptors (Lipinski definition) is 5. The molecule has 2 aromatic rings. The Labute approximate surface area is 251 Å². The van der Waals surface area contributed by atoms with Gasteiger partial charge in [-0.25, -0.2) is 4.99 Å². The van der Waals surface area contributed by atoms with E-state index >= 15 is 0 Å². The average Bonchev–Trinajstić information content (AvgIpc) is 3.04. The standard InChI is InChI=1S/C25H24F6N4O4.C3H5F3/c1-39-16-7-8-18-17(12-16)20(14-5-3-2-4-6-14)33-21(23(38)35(18)13-25(29,30)31)34-22(37)15(11-19(32)36)9-10-24(26,27)28;1-2-3(4,5)6/h2-8,12,15,21H,9-11,13H2,1H3,(H2,32,36)(H,34,37);2H2,1H3. The smallest absolute Gasteiger partial charge is 0.406 e. The summed E-state index contributed by atoms with van der Waals surface area (Å²) in [5.74, 6) is -4.91. The maximum atomic E-state index is 13.6. The summed E-state index contributed by atoms with van der Waals surface area (Å²) in [6.45, 7) is -0.659. The van der Waals surface area contributed by atoms with E-state index < -0.39 is 80.6 Å². The van der Waals surface area contributed by atoms with Crippen LogP contribution in [-0.4, -0.2) is 61.8 Å². The zero-order chi connectivity index (χ0) is 34.2. The number of hydrogen-bond donors (Lipinski definition) is 2. The van der Waals surface area contributed by atoms with Crippen LogP contribution < -0.4 is 20.7 Å². The Morgan fingerprint density at radius 3 is 2.07 bits per heavy atom. The fourth-order valence-electron chi connectivity index (χ4n) is 4.01. The number of nitrogens with two attached hydrogens (primary N) is 1. The molecule has 0 saturated carbocycles. The van der Waals surface area contributed by atoms with Gasteiger partial charge < -0.3 is 15.8 Å². The highest BCUT2D eigenvalue weighted by molar-refractivity contribution is 6.20. The summed E-state index contributed by atoms with van der Waals surface area (Å²) in [5, 5.41) is 2.14. The van der Waals surface area contributed by atoms with Gasteiger partial charge in [0.15, 0.2) is 0 Å². The molecule has 17 heteroatoms. The largest absolute Gasteiger partial charge is 0.497 e. The predicted octanol–water partition coefficient (Wildman–Crippen LogP) is 5.68. The van der Waals surface area contributed by atoms with Gasteiger partial charge >= 0.3 is 18.5 Å². The zero-order valence-electron chi connectivity index (χ0n) is 23.8. The van der Waals surface area contributed by atoms with Crippen LogP contribution in [0.4, 0.5) is 45.2 Å². The number of nitrogens with zero attached hydrogens (tertiary/aromatic N) is 2. The molecule has 0 fully saturated rings. The molecule has 0 aromatic heterocycles. The predicted molar refractivity (Wildman–Crippen MR) is 144 cm³/mol. The number of fused-ring (bicyclic) bond motifs is 1. The Morgan fingerprint density at radius 2 is 1.58 bits per heavy atom. The second-order valence-corrected chi connectivity index (χ2v) is 9.67. The van der Waals surface area contributed by atoms with Gasteiger partial charge in [-0.1, -0.05) is 37.3 Å². The molecule has 3 rings (SSSR count). The second kappa shape index (κ2) is 15.1. The van der Waals surface area contributed by atoms with Crippen molar-refractivity contribution in [1.29, 1.82) is 0 Å². The van der Waals surface area contributed by atoms with E-state index in [0.29, 0.717) is 10.5 Å². The monoisotopic (exact) mass is 656 g/mol. The molecule has 1 aliphatic rings. The number of primary amides is 1. The molecule has 8 nitrogen and oxygen atoms in total. The fraction of sp³-hybridized carbons (Fsp3) is 0.429. The number of alkyl halides is 9. The number of benzene rings is 2. The lowest BCUT2D eigenvalue weighted by molar-refractivity contribution is -0.144. The molecule has 3 N–H and O–H groups in total. The first-order valence-corrected chi connectivity index (χ1v) is 13.2. The van der Waals surface area contributed by atoms with E-state index in [1.807, 2.05) is 0 Å². The van der Waals surface area contributed by atoms with Gasteiger partial charge in [0, 0.05) is 36.3 Å². The van der Waals surface area contributed by atoms with E-state index in [4.69, 9.17) is 10.5 Å². The Morgan fingerprint density at radius 1 is 0.978 bits per heavy atom. The van der Waals surface area contributed by atoms with Crippen LogP contribution in [0.3, 0.4) is 0 Å². The van der Waals surface area contributed by atoms with Crippen LogP contribution in [0, 0.1) is 5.92 Å². The number of aliphatic imine (C=N–C) groups is 1. The van der Waals surface area contributed by atoms with Crippen LogP contribution in [0.25, 0.3) is 0 Å². The molecule has 248 valence electrons. The van der Waals surface area contributed by atoms with Crippen LogP contribution >= 0.6 is 0 Å². The van der Waals surface area contributed by atoms with Gasteiger partial charge in [0.25, 0.3) is 5.91 Å². The maximum Gasteiger partial charge on any atom is 0.406 e. The molecule has 0 bridgehead atoms. The second-order valence-electron chi connectivity index (χ2n) is 9.67. The number of benzodiazepines with no additional fused rings is 1. The van der Waals surface area contributed by atoms with Crippen molar-refractivity contribution in [2.24, 2.45) is 16.6 Å².